The molecule has 0 N–H and O–H groups in total. The lowest BCUT2D eigenvalue weighted by Gasteiger charge is -2.31. The number of aromatic nitrogens is 4. The summed E-state index contributed by atoms with van der Waals surface area (Å²) in [5.74, 6) is 0.632. The van der Waals surface area contributed by atoms with E-state index in [1.165, 1.54) is 129 Å². The van der Waals surface area contributed by atoms with Crippen LogP contribution in [-0.4, -0.2) is 19.5 Å². The van der Waals surface area contributed by atoms with Crippen LogP contribution in [0.2, 0.25) is 0 Å². The highest BCUT2D eigenvalue weighted by atomic mass is 32.1. The summed E-state index contributed by atoms with van der Waals surface area (Å²) in [5, 5.41) is 17.7. The highest BCUT2D eigenvalue weighted by Gasteiger charge is 2.28. The molecule has 2 aliphatic carbocycles. The Bertz CT molecular complexity index is 5840. The molecule has 13 aromatic carbocycles. The van der Waals surface area contributed by atoms with E-state index in [2.05, 4.69) is 264 Å². The lowest BCUT2D eigenvalue weighted by Crippen LogP contribution is -2.14. The van der Waals surface area contributed by atoms with Crippen LogP contribution in [0.15, 0.2) is 273 Å². The number of allylic oxidation sites excluding steroid dienone is 2. The first-order valence-corrected chi connectivity index (χ1v) is 31.4. The highest BCUT2D eigenvalue weighted by Crippen LogP contribution is 2.52. The first-order valence-electron chi connectivity index (χ1n) is 30.6. The van der Waals surface area contributed by atoms with E-state index in [0.717, 1.165) is 63.6 Å². The van der Waals surface area contributed by atoms with Crippen molar-refractivity contribution in [2.45, 2.75) is 12.8 Å². The van der Waals surface area contributed by atoms with Crippen molar-refractivity contribution in [3.63, 3.8) is 0 Å². The molecule has 0 spiro atoms. The molecule has 0 radical (unpaired) electrons. The van der Waals surface area contributed by atoms with Gasteiger partial charge in [0.05, 0.1) is 38.5 Å². The zero-order chi connectivity index (χ0) is 58.3. The van der Waals surface area contributed by atoms with Gasteiger partial charge in [0.15, 0.2) is 5.82 Å². The Morgan fingerprint density at radius 2 is 1.02 bits per heavy atom. The molecular weight excluding hydrogens is 1100 g/mol. The second-order valence-electron chi connectivity index (χ2n) is 23.7. The number of hydrogen-bond donors (Lipinski definition) is 0. The van der Waals surface area contributed by atoms with Gasteiger partial charge in [-0.1, -0.05) is 200 Å². The fourth-order valence-electron chi connectivity index (χ4n) is 14.9. The van der Waals surface area contributed by atoms with E-state index in [-0.39, 0.29) is 0 Å². The van der Waals surface area contributed by atoms with Gasteiger partial charge in [-0.3, -0.25) is 4.98 Å². The Kier molecular flexibility index (Phi) is 11.0. The molecule has 5 nitrogen and oxygen atoms in total. The average molecular weight is 1150 g/mol. The van der Waals surface area contributed by atoms with Crippen molar-refractivity contribution >= 4 is 136 Å². The zero-order valence-electron chi connectivity index (χ0n) is 48.2. The fraction of sp³-hybridized carbons (Fsp3) is 0.0241. The van der Waals surface area contributed by atoms with Gasteiger partial charge in [-0.2, -0.15) is 0 Å². The molecule has 0 saturated heterocycles. The van der Waals surface area contributed by atoms with E-state index >= 15 is 0 Å². The van der Waals surface area contributed by atoms with Crippen molar-refractivity contribution in [1.29, 1.82) is 0 Å². The van der Waals surface area contributed by atoms with Crippen LogP contribution in [0.3, 0.4) is 0 Å². The number of nitrogens with zero attached hydrogens (tertiary/aromatic N) is 5. The molecule has 0 fully saturated rings. The fourth-order valence-corrected chi connectivity index (χ4v) is 16.1. The number of rotatable bonds is 8. The summed E-state index contributed by atoms with van der Waals surface area (Å²) < 4.78 is 5.04. The van der Waals surface area contributed by atoms with Crippen molar-refractivity contribution < 1.29 is 0 Å². The molecule has 414 valence electrons. The molecule has 17 aromatic rings. The summed E-state index contributed by atoms with van der Waals surface area (Å²) in [6, 6.07) is 93.6. The molecule has 0 atom stereocenters. The van der Waals surface area contributed by atoms with Gasteiger partial charge in [-0.05, 0) is 179 Å². The predicted molar refractivity (Wildman–Crippen MR) is 376 cm³/mol. The third-order valence-electron chi connectivity index (χ3n) is 18.8. The summed E-state index contributed by atoms with van der Waals surface area (Å²) in [5.41, 5.74) is 18.7. The van der Waals surface area contributed by atoms with E-state index in [4.69, 9.17) is 15.0 Å². The van der Waals surface area contributed by atoms with Gasteiger partial charge < -0.3 is 9.47 Å². The third kappa shape index (κ3) is 7.70. The summed E-state index contributed by atoms with van der Waals surface area (Å²) in [6.07, 6.45) is 12.9. The van der Waals surface area contributed by atoms with Crippen LogP contribution in [-0.2, 0) is 12.8 Å². The summed E-state index contributed by atoms with van der Waals surface area (Å²) in [6.45, 7) is 0. The van der Waals surface area contributed by atoms with Crippen molar-refractivity contribution in [3.8, 4) is 50.8 Å². The lowest BCUT2D eigenvalue weighted by atomic mass is 9.83. The number of thiophene rings is 1. The quantitative estimate of drug-likeness (QED) is 0.142. The van der Waals surface area contributed by atoms with E-state index in [1.54, 1.807) is 0 Å². The second-order valence-corrected chi connectivity index (χ2v) is 24.7. The Morgan fingerprint density at radius 1 is 0.382 bits per heavy atom. The molecular formula is C83H51N5S. The summed E-state index contributed by atoms with van der Waals surface area (Å²) >= 11 is 1.91. The number of benzene rings is 13. The Labute approximate surface area is 516 Å². The predicted octanol–water partition coefficient (Wildman–Crippen LogP) is 22.4. The standard InChI is InChI=1S/C83H51N5S/c1-3-18-50(19-4-1)51-37-39-57(40-38-51)87(75-45-55-24-15-22-53-35-36-54-23-17-33-66(75)78(54)77(53)55)59-41-42-74-69(46-59)79-64-31-11-12-32-65(64)80-70-47-67-62-29-9-7-27-60(62)61-28-8-10-30-63(61)68(67)48-76(70)89-82(80)81(79)88(74)58-26-16-25-56(44-58)83-85-72(52-20-5-2-6-21-52)49-73(86-83)71-34-13-14-43-84-71/h1-21,23-32,34-49H,22,33H2. The van der Waals surface area contributed by atoms with Gasteiger partial charge in [-0.25, -0.2) is 9.97 Å². The van der Waals surface area contributed by atoms with E-state index < -0.39 is 0 Å². The molecule has 19 rings (SSSR count). The van der Waals surface area contributed by atoms with Gasteiger partial charge in [0.2, 0.25) is 0 Å². The summed E-state index contributed by atoms with van der Waals surface area (Å²) in [4.78, 5) is 18.0. The minimum atomic E-state index is 0.632. The Morgan fingerprint density at radius 3 is 1.79 bits per heavy atom. The molecule has 0 saturated carbocycles. The smallest absolute Gasteiger partial charge is 0.160 e. The van der Waals surface area contributed by atoms with Crippen molar-refractivity contribution in [1.82, 2.24) is 19.5 Å². The number of anilines is 3. The maximum absolute atomic E-state index is 5.35. The SMILES string of the molecule is C1=Cc2cc(N(c3ccc(-c4ccccc4)cc3)c3ccc4c(c3)c3c5ccccc5c5c6cc7c8ccccc8c8ccccc8c7cc6sc5c3n4-c3cccc(-c4nc(-c5ccccc5)cc(-c5ccccn5)n4)c3)c3c4c(ccc(c24)C1)C=CC3. The van der Waals surface area contributed by atoms with Gasteiger partial charge >= 0.3 is 0 Å². The Balaban J connectivity index is 0.915. The average Bonchev–Trinajstić information content (AvgIpc) is 1.58. The number of hydrogen-bond acceptors (Lipinski definition) is 5. The van der Waals surface area contributed by atoms with Crippen LogP contribution in [0, 0.1) is 0 Å². The lowest BCUT2D eigenvalue weighted by molar-refractivity contribution is 1.15. The molecule has 4 aromatic heterocycles. The van der Waals surface area contributed by atoms with Crippen molar-refractivity contribution in [2.75, 3.05) is 4.90 Å². The van der Waals surface area contributed by atoms with Gasteiger partial charge in [0.25, 0.3) is 0 Å². The van der Waals surface area contributed by atoms with Crippen LogP contribution in [0.25, 0.3) is 159 Å². The molecule has 0 unspecified atom stereocenters. The van der Waals surface area contributed by atoms with Crippen molar-refractivity contribution in [2.24, 2.45) is 0 Å². The van der Waals surface area contributed by atoms with Gasteiger partial charge in [0.1, 0.15) is 0 Å². The monoisotopic (exact) mass is 1150 g/mol. The molecule has 89 heavy (non-hydrogen) atoms. The maximum atomic E-state index is 5.35. The minimum absolute atomic E-state index is 0.632. The first-order chi connectivity index (χ1) is 44.1. The first kappa shape index (κ1) is 49.9. The number of fused-ring (bicyclic) bond motifs is 16. The number of pyridine rings is 1. The van der Waals surface area contributed by atoms with Crippen molar-refractivity contribution in [3.05, 3.63) is 295 Å². The molecule has 4 heterocycles. The molecule has 0 bridgehead atoms. The Hall–Kier alpha value is -11.3. The van der Waals surface area contributed by atoms with E-state index in [1.807, 2.05) is 41.8 Å². The molecule has 2 aliphatic rings. The minimum Gasteiger partial charge on any atom is -0.310 e. The van der Waals surface area contributed by atoms with E-state index in [9.17, 15) is 0 Å². The molecule has 6 heteroatoms. The highest BCUT2D eigenvalue weighted by molar-refractivity contribution is 7.27. The molecule has 0 aliphatic heterocycles. The van der Waals surface area contributed by atoms with Crippen LogP contribution in [0.5, 0.6) is 0 Å². The zero-order valence-corrected chi connectivity index (χ0v) is 49.0. The normalized spacial score (nSPS) is 12.8. The van der Waals surface area contributed by atoms with E-state index in [0.29, 0.717) is 5.82 Å². The topological polar surface area (TPSA) is 46.8 Å². The molecule has 0 amide bonds. The maximum Gasteiger partial charge on any atom is 0.160 e. The van der Waals surface area contributed by atoms with Gasteiger partial charge in [-0.15, -0.1) is 11.3 Å². The van der Waals surface area contributed by atoms with Gasteiger partial charge in [0, 0.05) is 60.6 Å². The second kappa shape index (κ2) is 19.6. The third-order valence-corrected chi connectivity index (χ3v) is 19.9. The largest absolute Gasteiger partial charge is 0.310 e. The summed E-state index contributed by atoms with van der Waals surface area (Å²) in [7, 11) is 0. The van der Waals surface area contributed by atoms with Crippen LogP contribution in [0.4, 0.5) is 17.1 Å². The van der Waals surface area contributed by atoms with Crippen LogP contribution in [0.1, 0.15) is 22.3 Å². The van der Waals surface area contributed by atoms with Crippen LogP contribution < -0.4 is 4.90 Å². The van der Waals surface area contributed by atoms with Crippen LogP contribution >= 0.6 is 11.3 Å².